The molecule has 162 valence electrons. The van der Waals surface area contributed by atoms with Crippen LogP contribution < -0.4 is 20.3 Å². The Morgan fingerprint density at radius 2 is 1.84 bits per heavy atom. The van der Waals surface area contributed by atoms with Crippen LogP contribution in [0.2, 0.25) is 0 Å². The van der Waals surface area contributed by atoms with Gasteiger partial charge in [0.2, 0.25) is 0 Å². The maximum Gasteiger partial charge on any atom is 0.262 e. The minimum atomic E-state index is -0.167. The number of imidazole rings is 1. The SMILES string of the molecule is O=C(COc1ccccc1)Nc1ccc(N2CCC(NCCn3ccnc3)CC2)cc1. The van der Waals surface area contributed by atoms with E-state index in [2.05, 4.69) is 37.2 Å². The molecule has 0 atom stereocenters. The molecule has 7 nitrogen and oxygen atoms in total. The monoisotopic (exact) mass is 419 g/mol. The fourth-order valence-electron chi connectivity index (χ4n) is 3.78. The van der Waals surface area contributed by atoms with Crippen LogP contribution in [0.15, 0.2) is 73.3 Å². The first-order valence-electron chi connectivity index (χ1n) is 10.8. The molecule has 1 fully saturated rings. The number of carbonyl (C=O) groups is 1. The molecule has 0 aliphatic carbocycles. The number of aromatic nitrogens is 2. The molecule has 2 N–H and O–H groups in total. The molecule has 7 heteroatoms. The van der Waals surface area contributed by atoms with Crippen LogP contribution in [0.5, 0.6) is 5.75 Å². The van der Waals surface area contributed by atoms with Gasteiger partial charge in [-0.25, -0.2) is 4.98 Å². The maximum absolute atomic E-state index is 12.1. The molecule has 2 aromatic carbocycles. The highest BCUT2D eigenvalue weighted by Gasteiger charge is 2.19. The number of anilines is 2. The molecule has 1 aliphatic rings. The van der Waals surface area contributed by atoms with Crippen molar-refractivity contribution in [3.8, 4) is 5.75 Å². The van der Waals surface area contributed by atoms with E-state index in [1.807, 2.05) is 61.2 Å². The standard InChI is InChI=1S/C24H29N5O2/c30-24(18-31-23-4-2-1-3-5-23)27-21-6-8-22(9-7-21)29-14-10-20(11-15-29)26-13-17-28-16-12-25-19-28/h1-9,12,16,19-20,26H,10-11,13-15,17-18H2,(H,27,30). The van der Waals surface area contributed by atoms with Gasteiger partial charge in [-0.05, 0) is 49.2 Å². The molecule has 0 spiro atoms. The van der Waals surface area contributed by atoms with Crippen LogP contribution >= 0.6 is 0 Å². The number of para-hydroxylation sites is 1. The number of piperidine rings is 1. The summed E-state index contributed by atoms with van der Waals surface area (Å²) in [6.07, 6.45) is 7.91. The van der Waals surface area contributed by atoms with E-state index in [-0.39, 0.29) is 12.5 Å². The van der Waals surface area contributed by atoms with Gasteiger partial charge in [0.05, 0.1) is 6.33 Å². The quantitative estimate of drug-likeness (QED) is 0.558. The summed E-state index contributed by atoms with van der Waals surface area (Å²) in [5.41, 5.74) is 1.97. The number of carbonyl (C=O) groups excluding carboxylic acids is 1. The van der Waals surface area contributed by atoms with Crippen LogP contribution in [0.1, 0.15) is 12.8 Å². The summed E-state index contributed by atoms with van der Waals surface area (Å²) >= 11 is 0. The summed E-state index contributed by atoms with van der Waals surface area (Å²) in [5.74, 6) is 0.520. The molecule has 4 rings (SSSR count). The topological polar surface area (TPSA) is 71.4 Å². The first-order valence-corrected chi connectivity index (χ1v) is 10.8. The van der Waals surface area contributed by atoms with E-state index in [1.165, 1.54) is 5.69 Å². The van der Waals surface area contributed by atoms with Gasteiger partial charge in [-0.1, -0.05) is 18.2 Å². The van der Waals surface area contributed by atoms with Crippen LogP contribution in [-0.4, -0.2) is 47.7 Å². The molecule has 31 heavy (non-hydrogen) atoms. The maximum atomic E-state index is 12.1. The highest BCUT2D eigenvalue weighted by molar-refractivity contribution is 5.92. The number of nitrogens with zero attached hydrogens (tertiary/aromatic N) is 3. The lowest BCUT2D eigenvalue weighted by molar-refractivity contribution is -0.118. The van der Waals surface area contributed by atoms with Crippen molar-refractivity contribution in [3.05, 3.63) is 73.3 Å². The van der Waals surface area contributed by atoms with Crippen molar-refractivity contribution < 1.29 is 9.53 Å². The molecule has 1 aromatic heterocycles. The Bertz CT molecular complexity index is 920. The number of nitrogens with one attached hydrogen (secondary N) is 2. The summed E-state index contributed by atoms with van der Waals surface area (Å²) in [6, 6.07) is 17.9. The van der Waals surface area contributed by atoms with E-state index in [0.717, 1.165) is 44.7 Å². The lowest BCUT2D eigenvalue weighted by Crippen LogP contribution is -2.43. The van der Waals surface area contributed by atoms with E-state index >= 15 is 0 Å². The van der Waals surface area contributed by atoms with Crippen LogP contribution in [-0.2, 0) is 11.3 Å². The van der Waals surface area contributed by atoms with Gasteiger partial charge in [0.15, 0.2) is 6.61 Å². The smallest absolute Gasteiger partial charge is 0.262 e. The van der Waals surface area contributed by atoms with Crippen molar-refractivity contribution >= 4 is 17.3 Å². The summed E-state index contributed by atoms with van der Waals surface area (Å²) < 4.78 is 7.58. The Morgan fingerprint density at radius 1 is 1.06 bits per heavy atom. The van der Waals surface area contributed by atoms with Gasteiger partial charge in [-0.15, -0.1) is 0 Å². The average Bonchev–Trinajstić information content (AvgIpc) is 3.33. The predicted molar refractivity (Wildman–Crippen MR) is 122 cm³/mol. The molecular weight excluding hydrogens is 390 g/mol. The number of benzene rings is 2. The molecule has 0 unspecified atom stereocenters. The first kappa shape index (κ1) is 20.9. The van der Waals surface area contributed by atoms with Crippen molar-refractivity contribution in [1.82, 2.24) is 14.9 Å². The number of amides is 1. The van der Waals surface area contributed by atoms with Gasteiger partial charge >= 0.3 is 0 Å². The highest BCUT2D eigenvalue weighted by Crippen LogP contribution is 2.22. The lowest BCUT2D eigenvalue weighted by atomic mass is 10.0. The fourth-order valence-corrected chi connectivity index (χ4v) is 3.78. The van der Waals surface area contributed by atoms with Crippen molar-refractivity contribution in [2.24, 2.45) is 0 Å². The fraction of sp³-hybridized carbons (Fsp3) is 0.333. The molecule has 1 saturated heterocycles. The van der Waals surface area contributed by atoms with Crippen LogP contribution in [0, 0.1) is 0 Å². The normalized spacial score (nSPS) is 14.4. The number of ether oxygens (including phenoxy) is 1. The zero-order valence-electron chi connectivity index (χ0n) is 17.6. The molecule has 1 aliphatic heterocycles. The lowest BCUT2D eigenvalue weighted by Gasteiger charge is -2.34. The van der Waals surface area contributed by atoms with Crippen LogP contribution in [0.4, 0.5) is 11.4 Å². The van der Waals surface area contributed by atoms with E-state index in [9.17, 15) is 4.79 Å². The number of hydrogen-bond donors (Lipinski definition) is 2. The third kappa shape index (κ3) is 6.33. The van der Waals surface area contributed by atoms with Crippen LogP contribution in [0.25, 0.3) is 0 Å². The predicted octanol–water partition coefficient (Wildman–Crippen LogP) is 3.16. The second kappa shape index (κ2) is 10.6. The van der Waals surface area contributed by atoms with E-state index in [0.29, 0.717) is 11.8 Å². The Hall–Kier alpha value is -3.32. The van der Waals surface area contributed by atoms with Crippen molar-refractivity contribution in [2.45, 2.75) is 25.4 Å². The Kier molecular flexibility index (Phi) is 7.18. The van der Waals surface area contributed by atoms with Gasteiger partial charge in [0.1, 0.15) is 5.75 Å². The van der Waals surface area contributed by atoms with Gasteiger partial charge < -0.3 is 24.8 Å². The average molecular weight is 420 g/mol. The third-order valence-corrected chi connectivity index (χ3v) is 5.49. The second-order valence-corrected chi connectivity index (χ2v) is 7.71. The Morgan fingerprint density at radius 3 is 2.55 bits per heavy atom. The summed E-state index contributed by atoms with van der Waals surface area (Å²) in [5, 5.41) is 6.54. The molecule has 0 radical (unpaired) electrons. The van der Waals surface area contributed by atoms with Gasteiger partial charge in [-0.2, -0.15) is 0 Å². The summed E-state index contributed by atoms with van der Waals surface area (Å²) in [7, 11) is 0. The molecular formula is C24H29N5O2. The van der Waals surface area contributed by atoms with Crippen molar-refractivity contribution in [3.63, 3.8) is 0 Å². The van der Waals surface area contributed by atoms with Gasteiger partial charge in [-0.3, -0.25) is 4.79 Å². The highest BCUT2D eigenvalue weighted by atomic mass is 16.5. The van der Waals surface area contributed by atoms with E-state index < -0.39 is 0 Å². The van der Waals surface area contributed by atoms with E-state index in [4.69, 9.17) is 4.74 Å². The Balaban J connectivity index is 1.17. The van der Waals surface area contributed by atoms with Crippen molar-refractivity contribution in [2.75, 3.05) is 36.5 Å². The molecule has 2 heterocycles. The largest absolute Gasteiger partial charge is 0.484 e. The summed E-state index contributed by atoms with van der Waals surface area (Å²) in [6.45, 7) is 3.96. The van der Waals surface area contributed by atoms with Gasteiger partial charge in [0, 0.05) is 56.0 Å². The zero-order chi connectivity index (χ0) is 21.3. The van der Waals surface area contributed by atoms with Crippen molar-refractivity contribution in [1.29, 1.82) is 0 Å². The van der Waals surface area contributed by atoms with Gasteiger partial charge in [0.25, 0.3) is 5.91 Å². The number of hydrogen-bond acceptors (Lipinski definition) is 5. The zero-order valence-corrected chi connectivity index (χ0v) is 17.6. The first-order chi connectivity index (χ1) is 15.3. The molecule has 0 bridgehead atoms. The van der Waals surface area contributed by atoms with Crippen LogP contribution in [0.3, 0.4) is 0 Å². The van der Waals surface area contributed by atoms with E-state index in [1.54, 1.807) is 0 Å². The Labute approximate surface area is 183 Å². The minimum absolute atomic E-state index is 0.00682. The number of rotatable bonds is 9. The third-order valence-electron chi connectivity index (χ3n) is 5.49. The second-order valence-electron chi connectivity index (χ2n) is 7.71. The minimum Gasteiger partial charge on any atom is -0.484 e. The molecule has 0 saturated carbocycles. The molecule has 3 aromatic rings. The molecule has 1 amide bonds. The summed E-state index contributed by atoms with van der Waals surface area (Å²) in [4.78, 5) is 18.6.